The van der Waals surface area contributed by atoms with Crippen molar-refractivity contribution in [3.05, 3.63) is 416 Å². The lowest BCUT2D eigenvalue weighted by molar-refractivity contribution is -0.275. The molecule has 19 aromatic carbocycles. The zero-order chi connectivity index (χ0) is 81.5. The maximum Gasteiger partial charge on any atom is 0.573 e. The summed E-state index contributed by atoms with van der Waals surface area (Å²) in [5, 5.41) is 19.4. The summed E-state index contributed by atoms with van der Waals surface area (Å²) in [5.41, 5.74) is 27.8. The first-order chi connectivity index (χ1) is 57.8. The first-order valence-electron chi connectivity index (χ1n) is 39.6. The van der Waals surface area contributed by atoms with E-state index in [2.05, 4.69) is 362 Å². The average Bonchev–Trinajstić information content (AvgIpc) is 1.73. The van der Waals surface area contributed by atoms with E-state index < -0.39 is 12.7 Å². The minimum atomic E-state index is -4.76. The van der Waals surface area contributed by atoms with Gasteiger partial charge < -0.3 is 19.7 Å². The van der Waals surface area contributed by atoms with Crippen molar-refractivity contribution >= 4 is 81.7 Å². The number of fused-ring (bicyclic) bond motifs is 20. The van der Waals surface area contributed by atoms with Crippen molar-refractivity contribution in [3.8, 4) is 101 Å². The van der Waals surface area contributed by atoms with Gasteiger partial charge in [-0.25, -0.2) is 0 Å². The van der Waals surface area contributed by atoms with E-state index in [0.29, 0.717) is 11.1 Å². The van der Waals surface area contributed by atoms with Crippen molar-refractivity contribution in [3.63, 3.8) is 0 Å². The molecule has 2 heterocycles. The molecular weight excluding hydrogens is 1480 g/mol. The van der Waals surface area contributed by atoms with Crippen molar-refractivity contribution in [1.82, 2.24) is 0 Å². The van der Waals surface area contributed by atoms with Gasteiger partial charge in [-0.15, -0.1) is 26.3 Å². The molecule has 578 valence electrons. The van der Waals surface area contributed by atoms with Crippen LogP contribution in [-0.2, 0) is 0 Å². The number of hydrogen-bond acceptors (Lipinski definition) is 4. The fraction of sp³-hybridized carbons (Fsp3) is 0.0642. The van der Waals surface area contributed by atoms with Gasteiger partial charge in [-0.2, -0.15) is 0 Å². The van der Waals surface area contributed by atoms with Gasteiger partial charge in [0.25, 0.3) is 0 Å². The molecule has 0 saturated carbocycles. The molecule has 0 fully saturated rings. The fourth-order valence-electron chi connectivity index (χ4n) is 17.0. The van der Waals surface area contributed by atoms with E-state index in [1.54, 1.807) is 6.07 Å². The normalized spacial score (nSPS) is 12.6. The van der Waals surface area contributed by atoms with Crippen molar-refractivity contribution in [2.24, 2.45) is 0 Å². The molecule has 0 aromatic heterocycles. The molecule has 0 radical (unpaired) electrons. The third-order valence-electron chi connectivity index (χ3n) is 22.3. The third kappa shape index (κ3) is 16.0. The summed E-state index contributed by atoms with van der Waals surface area (Å²) >= 11 is 0. The van der Waals surface area contributed by atoms with E-state index >= 15 is 0 Å². The molecule has 0 bridgehead atoms. The van der Waals surface area contributed by atoms with E-state index in [1.165, 1.54) is 219 Å². The number of nitrogens with zero attached hydrogens (tertiary/aromatic N) is 1. The highest BCUT2D eigenvalue weighted by Crippen LogP contribution is 2.54. The number of rotatable bonds is 9. The molecule has 119 heavy (non-hydrogen) atoms. The van der Waals surface area contributed by atoms with Crippen molar-refractivity contribution in [1.29, 1.82) is 0 Å². The number of para-hydroxylation sites is 3. The second kappa shape index (κ2) is 32.0. The Morgan fingerprint density at radius 2 is 0.521 bits per heavy atom. The highest BCUT2D eigenvalue weighted by atomic mass is 19.4. The van der Waals surface area contributed by atoms with Gasteiger partial charge in [0.15, 0.2) is 0 Å². The van der Waals surface area contributed by atoms with Crippen LogP contribution >= 0.6 is 0 Å². The van der Waals surface area contributed by atoms with E-state index in [1.807, 2.05) is 19.1 Å². The van der Waals surface area contributed by atoms with Gasteiger partial charge in [0.1, 0.15) is 17.7 Å². The Morgan fingerprint density at radius 3 is 0.916 bits per heavy atom. The van der Waals surface area contributed by atoms with E-state index in [-0.39, 0.29) is 17.7 Å². The second-order valence-electron chi connectivity index (χ2n) is 30.5. The first-order valence-corrected chi connectivity index (χ1v) is 39.6. The fourth-order valence-corrected chi connectivity index (χ4v) is 17.0. The Morgan fingerprint density at radius 1 is 0.227 bits per heavy atom. The number of aryl methyl sites for hydroxylation is 4. The second-order valence-corrected chi connectivity index (χ2v) is 30.5. The zero-order valence-corrected chi connectivity index (χ0v) is 65.6. The van der Waals surface area contributed by atoms with Gasteiger partial charge in [0, 0.05) is 11.1 Å². The summed E-state index contributed by atoms with van der Waals surface area (Å²) in [6.45, 7) is 8.36. The van der Waals surface area contributed by atoms with Crippen LogP contribution in [0, 0.1) is 27.7 Å². The highest BCUT2D eigenvalue weighted by molar-refractivity contribution is 6.27. The molecule has 0 aliphatic carbocycles. The van der Waals surface area contributed by atoms with Crippen LogP contribution in [0.5, 0.6) is 11.5 Å². The van der Waals surface area contributed by atoms with E-state index in [4.69, 9.17) is 0 Å². The average molecular weight is 1560 g/mol. The van der Waals surface area contributed by atoms with E-state index in [0.717, 1.165) is 16.7 Å². The third-order valence-corrected chi connectivity index (χ3v) is 22.3. The first kappa shape index (κ1) is 75.8. The minimum absolute atomic E-state index is 0.183. The molecule has 2 aliphatic rings. The smallest absolute Gasteiger partial charge is 0.406 e. The van der Waals surface area contributed by atoms with Gasteiger partial charge in [-0.05, 0) is 265 Å². The molecule has 0 spiro atoms. The number of halogens is 6. The minimum Gasteiger partial charge on any atom is -0.406 e. The number of ether oxygens (including phenoxy) is 2. The van der Waals surface area contributed by atoms with Gasteiger partial charge in [0.05, 0.1) is 17.1 Å². The summed E-state index contributed by atoms with van der Waals surface area (Å²) in [5.74, 6) is -0.649. The Hall–Kier alpha value is -14.5. The van der Waals surface area contributed by atoms with Crippen LogP contribution in [-0.4, -0.2) is 12.7 Å². The lowest BCUT2D eigenvalue weighted by Crippen LogP contribution is -2.27. The SMILES string of the molecule is Cc1cc(-c2ccc(OC(F)(F)F)cc2)cc(-c2ccc(OC(F)(F)F)cc2)c1.Cc1cc(-c2ccccc2)cc(-c2ccc(-c3ccc4c5ccccc5c5ccccc5c4c3)cc2)c1.Cc1cc(-c2ccccc2)cc(-c2ccc3c4ccccc4c4ccccc4c3c2)c1.Cc1ccc2c(c1)C1Nc3ccccc3N1c1ccccc1-2. The monoisotopic (exact) mass is 1560 g/mol. The Bertz CT molecular complexity index is 6880. The number of anilines is 3. The lowest BCUT2D eigenvalue weighted by Gasteiger charge is -2.35. The molecular formula is C109H78F6N2O2. The molecule has 1 N–H and O–H groups in total. The molecule has 0 amide bonds. The zero-order valence-electron chi connectivity index (χ0n) is 65.6. The molecule has 1 atom stereocenters. The predicted octanol–water partition coefficient (Wildman–Crippen LogP) is 31.6. The van der Waals surface area contributed by atoms with Crippen molar-refractivity contribution in [2.45, 2.75) is 46.6 Å². The van der Waals surface area contributed by atoms with Crippen LogP contribution < -0.4 is 19.7 Å². The maximum atomic E-state index is 12.3. The predicted molar refractivity (Wildman–Crippen MR) is 482 cm³/mol. The van der Waals surface area contributed by atoms with Crippen molar-refractivity contribution < 1.29 is 35.8 Å². The Balaban J connectivity index is 0.000000111. The van der Waals surface area contributed by atoms with Crippen LogP contribution in [0.3, 0.4) is 0 Å². The maximum absolute atomic E-state index is 12.3. The van der Waals surface area contributed by atoms with E-state index in [9.17, 15) is 26.3 Å². The Kier molecular flexibility index (Phi) is 20.4. The molecule has 4 nitrogen and oxygen atoms in total. The molecule has 21 rings (SSSR count). The van der Waals surface area contributed by atoms with Crippen molar-refractivity contribution in [2.75, 3.05) is 10.2 Å². The molecule has 2 aliphatic heterocycles. The number of nitrogens with one attached hydrogen (secondary N) is 1. The molecule has 0 saturated heterocycles. The molecule has 10 heteroatoms. The summed E-state index contributed by atoms with van der Waals surface area (Å²) in [6, 6.07) is 133. The largest absolute Gasteiger partial charge is 0.573 e. The summed E-state index contributed by atoms with van der Waals surface area (Å²) in [7, 11) is 0. The number of benzene rings is 19. The van der Waals surface area contributed by atoms with Crippen LogP contribution in [0.25, 0.3) is 154 Å². The van der Waals surface area contributed by atoms with Gasteiger partial charge in [-0.3, -0.25) is 0 Å². The topological polar surface area (TPSA) is 33.7 Å². The van der Waals surface area contributed by atoms with Gasteiger partial charge in [-0.1, -0.05) is 321 Å². The quantitative estimate of drug-likeness (QED) is 0.115. The number of alkyl halides is 6. The standard InChI is InChI=1S/C37H26.C31H22.C21H14F6O2.C20H16N2/c1-25-21-30(26-9-3-2-4-10-26)23-31(22-25)28-17-15-27(16-18-28)29-19-20-36-34-13-6-5-11-32(34)33-12-7-8-14-35(33)37(36)24-29;1-21-17-24(22-9-3-2-4-10-22)19-25(18-21)23-15-16-30-28-13-6-5-11-26(28)27-12-7-8-14-29(27)31(30)20-23;1-13-10-16(14-2-6-18(7-3-14)28-20(22,23)24)12-17(11-13)15-4-8-19(9-5-15)29-21(25,26)27;1-13-10-11-14-15-6-2-4-8-18(15)22-19-9-5-3-7-17(19)21-20(22)16(14)12-13/h2-24H,1H3;2-20H,1H3;2-12H,1H3;2-12,20-21H,1H3. The van der Waals surface area contributed by atoms with Crippen LogP contribution in [0.4, 0.5) is 43.4 Å². The summed E-state index contributed by atoms with van der Waals surface area (Å²) in [4.78, 5) is 2.42. The summed E-state index contributed by atoms with van der Waals surface area (Å²) < 4.78 is 81.4. The molecule has 19 aromatic rings. The Labute approximate surface area is 686 Å². The van der Waals surface area contributed by atoms with Crippen LogP contribution in [0.1, 0.15) is 34.0 Å². The van der Waals surface area contributed by atoms with Crippen LogP contribution in [0.15, 0.2) is 388 Å². The van der Waals surface area contributed by atoms with Gasteiger partial charge >= 0.3 is 12.7 Å². The van der Waals surface area contributed by atoms with Gasteiger partial charge in [0.2, 0.25) is 0 Å². The summed E-state index contributed by atoms with van der Waals surface area (Å²) in [6.07, 6.45) is -9.35. The molecule has 1 unspecified atom stereocenters. The number of hydrogen-bond donors (Lipinski definition) is 1. The van der Waals surface area contributed by atoms with Crippen LogP contribution in [0.2, 0.25) is 0 Å². The highest BCUT2D eigenvalue weighted by Gasteiger charge is 2.38. The lowest BCUT2D eigenvalue weighted by atomic mass is 9.90.